The second-order valence-corrected chi connectivity index (χ2v) is 6.34. The average Bonchev–Trinajstić information content (AvgIpc) is 2.26. The molecule has 0 amide bonds. The average molecular weight is 254 g/mol. The van der Waals surface area contributed by atoms with Gasteiger partial charge in [-0.15, -0.1) is 0 Å². The van der Waals surface area contributed by atoms with Crippen LogP contribution in [0.25, 0.3) is 0 Å². The van der Waals surface area contributed by atoms with Crippen molar-refractivity contribution in [3.8, 4) is 0 Å². The first-order valence-corrected chi connectivity index (χ1v) is 7.03. The van der Waals surface area contributed by atoms with Gasteiger partial charge >= 0.3 is 5.97 Å². The molecular weight excluding hydrogens is 228 g/mol. The van der Waals surface area contributed by atoms with Gasteiger partial charge in [0.25, 0.3) is 0 Å². The van der Waals surface area contributed by atoms with E-state index in [2.05, 4.69) is 20.8 Å². The van der Waals surface area contributed by atoms with Gasteiger partial charge in [-0.05, 0) is 37.5 Å². The second kappa shape index (κ2) is 6.35. The lowest BCUT2D eigenvalue weighted by molar-refractivity contribution is -0.143. The number of Topliss-reactive ketones (excluding diaryl/α,β-unsaturated/α-hetero) is 1. The van der Waals surface area contributed by atoms with E-state index >= 15 is 0 Å². The summed E-state index contributed by atoms with van der Waals surface area (Å²) in [6.45, 7) is 8.92. The van der Waals surface area contributed by atoms with E-state index in [0.29, 0.717) is 37.6 Å². The quantitative estimate of drug-likeness (QED) is 0.722. The highest BCUT2D eigenvalue weighted by Crippen LogP contribution is 2.40. The SMILES string of the molecule is CCOC(=O)CCC1CC(C(C)(C)C)CCC1=O. The molecule has 0 saturated heterocycles. The van der Waals surface area contributed by atoms with Gasteiger partial charge in [0.2, 0.25) is 0 Å². The minimum Gasteiger partial charge on any atom is -0.466 e. The maximum absolute atomic E-state index is 11.9. The first-order chi connectivity index (χ1) is 8.34. The fourth-order valence-electron chi connectivity index (χ4n) is 2.70. The molecule has 0 N–H and O–H groups in total. The van der Waals surface area contributed by atoms with Crippen LogP contribution in [0.5, 0.6) is 0 Å². The van der Waals surface area contributed by atoms with Gasteiger partial charge < -0.3 is 4.74 Å². The van der Waals surface area contributed by atoms with Crippen molar-refractivity contribution < 1.29 is 14.3 Å². The molecule has 0 spiro atoms. The Kier molecular flexibility index (Phi) is 5.36. The van der Waals surface area contributed by atoms with Gasteiger partial charge in [0.15, 0.2) is 0 Å². The molecule has 0 radical (unpaired) electrons. The Hall–Kier alpha value is -0.860. The maximum atomic E-state index is 11.9. The molecule has 1 rings (SSSR count). The first-order valence-electron chi connectivity index (χ1n) is 7.03. The Labute approximate surface area is 110 Å². The molecule has 1 fully saturated rings. The molecule has 2 unspecified atom stereocenters. The second-order valence-electron chi connectivity index (χ2n) is 6.34. The van der Waals surface area contributed by atoms with Crippen LogP contribution in [0.2, 0.25) is 0 Å². The molecule has 0 bridgehead atoms. The third kappa shape index (κ3) is 4.43. The summed E-state index contributed by atoms with van der Waals surface area (Å²) < 4.78 is 4.91. The molecule has 18 heavy (non-hydrogen) atoms. The van der Waals surface area contributed by atoms with E-state index in [0.717, 1.165) is 12.8 Å². The minimum atomic E-state index is -0.178. The lowest BCUT2D eigenvalue weighted by Crippen LogP contribution is -2.32. The van der Waals surface area contributed by atoms with Crippen molar-refractivity contribution in [2.75, 3.05) is 6.61 Å². The van der Waals surface area contributed by atoms with E-state index in [-0.39, 0.29) is 17.3 Å². The van der Waals surface area contributed by atoms with Gasteiger partial charge in [-0.1, -0.05) is 20.8 Å². The smallest absolute Gasteiger partial charge is 0.305 e. The summed E-state index contributed by atoms with van der Waals surface area (Å²) in [5, 5.41) is 0. The van der Waals surface area contributed by atoms with Gasteiger partial charge in [-0.25, -0.2) is 0 Å². The van der Waals surface area contributed by atoms with Crippen LogP contribution in [-0.2, 0) is 14.3 Å². The number of rotatable bonds is 4. The van der Waals surface area contributed by atoms with Gasteiger partial charge in [0, 0.05) is 18.8 Å². The van der Waals surface area contributed by atoms with Gasteiger partial charge in [0.1, 0.15) is 5.78 Å². The van der Waals surface area contributed by atoms with Crippen LogP contribution in [0.3, 0.4) is 0 Å². The predicted octanol–water partition coefficient (Wildman–Crippen LogP) is 3.36. The van der Waals surface area contributed by atoms with Crippen LogP contribution in [0.1, 0.15) is 59.8 Å². The van der Waals surface area contributed by atoms with Crippen molar-refractivity contribution in [3.63, 3.8) is 0 Å². The summed E-state index contributed by atoms with van der Waals surface area (Å²) in [6, 6.07) is 0. The van der Waals surface area contributed by atoms with Crippen LogP contribution in [0.4, 0.5) is 0 Å². The molecule has 1 saturated carbocycles. The zero-order chi connectivity index (χ0) is 13.8. The van der Waals surface area contributed by atoms with E-state index in [4.69, 9.17) is 4.74 Å². The number of esters is 1. The summed E-state index contributed by atoms with van der Waals surface area (Å²) in [6.07, 6.45) is 3.64. The summed E-state index contributed by atoms with van der Waals surface area (Å²) in [4.78, 5) is 23.2. The Bertz CT molecular complexity index is 301. The molecule has 0 aromatic carbocycles. The monoisotopic (exact) mass is 254 g/mol. The van der Waals surface area contributed by atoms with Crippen LogP contribution < -0.4 is 0 Å². The van der Waals surface area contributed by atoms with Crippen LogP contribution in [0.15, 0.2) is 0 Å². The van der Waals surface area contributed by atoms with E-state index in [9.17, 15) is 9.59 Å². The lowest BCUT2D eigenvalue weighted by atomic mass is 9.68. The molecule has 0 heterocycles. The van der Waals surface area contributed by atoms with Crippen molar-refractivity contribution in [2.45, 2.75) is 59.8 Å². The number of carbonyl (C=O) groups is 2. The number of carbonyl (C=O) groups excluding carboxylic acids is 2. The molecule has 2 atom stereocenters. The van der Waals surface area contributed by atoms with Crippen molar-refractivity contribution >= 4 is 11.8 Å². The summed E-state index contributed by atoms with van der Waals surface area (Å²) in [5.41, 5.74) is 0.253. The highest BCUT2D eigenvalue weighted by atomic mass is 16.5. The van der Waals surface area contributed by atoms with Gasteiger partial charge in [0.05, 0.1) is 6.61 Å². The Morgan fingerprint density at radius 3 is 2.61 bits per heavy atom. The number of hydrogen-bond acceptors (Lipinski definition) is 3. The van der Waals surface area contributed by atoms with E-state index in [1.54, 1.807) is 6.92 Å². The summed E-state index contributed by atoms with van der Waals surface area (Å²) >= 11 is 0. The fourth-order valence-corrected chi connectivity index (χ4v) is 2.70. The lowest BCUT2D eigenvalue weighted by Gasteiger charge is -2.37. The Morgan fingerprint density at radius 2 is 2.06 bits per heavy atom. The standard InChI is InChI=1S/C15H26O3/c1-5-18-14(17)9-6-11-10-12(15(2,3)4)7-8-13(11)16/h11-12H,5-10H2,1-4H3. The van der Waals surface area contributed by atoms with Crippen molar-refractivity contribution in [1.82, 2.24) is 0 Å². The van der Waals surface area contributed by atoms with E-state index in [1.807, 2.05) is 0 Å². The molecule has 0 aromatic heterocycles. The largest absolute Gasteiger partial charge is 0.466 e. The maximum Gasteiger partial charge on any atom is 0.305 e. The summed E-state index contributed by atoms with van der Waals surface area (Å²) in [7, 11) is 0. The topological polar surface area (TPSA) is 43.4 Å². The van der Waals surface area contributed by atoms with Gasteiger partial charge in [-0.2, -0.15) is 0 Å². The van der Waals surface area contributed by atoms with Crippen LogP contribution >= 0.6 is 0 Å². The number of ether oxygens (including phenoxy) is 1. The zero-order valence-electron chi connectivity index (χ0n) is 12.1. The predicted molar refractivity (Wildman–Crippen MR) is 71.2 cm³/mol. The normalized spacial score (nSPS) is 25.0. The Balaban J connectivity index is 2.48. The van der Waals surface area contributed by atoms with E-state index < -0.39 is 0 Å². The molecule has 104 valence electrons. The highest BCUT2D eigenvalue weighted by molar-refractivity contribution is 5.82. The van der Waals surface area contributed by atoms with Gasteiger partial charge in [-0.3, -0.25) is 9.59 Å². The van der Waals surface area contributed by atoms with Crippen LogP contribution in [-0.4, -0.2) is 18.4 Å². The third-order valence-electron chi connectivity index (χ3n) is 3.99. The zero-order valence-corrected chi connectivity index (χ0v) is 12.1. The third-order valence-corrected chi connectivity index (χ3v) is 3.99. The molecule has 3 nitrogen and oxygen atoms in total. The van der Waals surface area contributed by atoms with Crippen LogP contribution in [0, 0.1) is 17.3 Å². The number of hydrogen-bond donors (Lipinski definition) is 0. The molecule has 1 aliphatic carbocycles. The number of ketones is 1. The molecule has 0 aromatic rings. The van der Waals surface area contributed by atoms with Crippen molar-refractivity contribution in [1.29, 1.82) is 0 Å². The summed E-state index contributed by atoms with van der Waals surface area (Å²) in [5.74, 6) is 0.803. The molecule has 0 aliphatic heterocycles. The van der Waals surface area contributed by atoms with E-state index in [1.165, 1.54) is 0 Å². The molecule has 3 heteroatoms. The Morgan fingerprint density at radius 1 is 1.39 bits per heavy atom. The van der Waals surface area contributed by atoms with Crippen molar-refractivity contribution in [2.24, 2.45) is 17.3 Å². The van der Waals surface area contributed by atoms with Crippen molar-refractivity contribution in [3.05, 3.63) is 0 Å². The molecule has 1 aliphatic rings. The fraction of sp³-hybridized carbons (Fsp3) is 0.867. The minimum absolute atomic E-state index is 0.0624. The molecular formula is C15H26O3. The highest BCUT2D eigenvalue weighted by Gasteiger charge is 2.34. The first kappa shape index (κ1) is 15.2.